The highest BCUT2D eigenvalue weighted by molar-refractivity contribution is 5.56. The van der Waals surface area contributed by atoms with Crippen LogP contribution in [0.4, 0.5) is 0 Å². The molecule has 2 nitrogen and oxygen atoms in total. The maximum absolute atomic E-state index is 4.37. The maximum Gasteiger partial charge on any atom is 0.0807 e. The van der Waals surface area contributed by atoms with Crippen LogP contribution in [0, 0.1) is 0 Å². The molecule has 2 heteroatoms. The fourth-order valence-corrected chi connectivity index (χ4v) is 1.58. The number of unbranched alkanes of at least 4 members (excludes halogenated alkanes) is 5. The molecule has 0 N–H and O–H groups in total. The van der Waals surface area contributed by atoms with Gasteiger partial charge in [-0.05, 0) is 31.2 Å². The molecule has 0 atom stereocenters. The van der Waals surface area contributed by atoms with E-state index < -0.39 is 0 Å². The van der Waals surface area contributed by atoms with Gasteiger partial charge in [0, 0.05) is 6.20 Å². The van der Waals surface area contributed by atoms with Crippen molar-refractivity contribution in [1.82, 2.24) is 4.98 Å². The van der Waals surface area contributed by atoms with Crippen LogP contribution < -0.4 is 0 Å². The van der Waals surface area contributed by atoms with E-state index in [1.54, 1.807) is 0 Å². The Balaban J connectivity index is 2.01. The lowest BCUT2D eigenvalue weighted by molar-refractivity contribution is 0.644. The van der Waals surface area contributed by atoms with Gasteiger partial charge in [0.15, 0.2) is 0 Å². The minimum Gasteiger partial charge on any atom is -0.291 e. The Bertz CT molecular complexity index is 280. The van der Waals surface area contributed by atoms with Crippen molar-refractivity contribution in [3.63, 3.8) is 0 Å². The van der Waals surface area contributed by atoms with Gasteiger partial charge in [-0.25, -0.2) is 0 Å². The van der Waals surface area contributed by atoms with Crippen molar-refractivity contribution in [1.29, 1.82) is 0 Å². The van der Waals surface area contributed by atoms with E-state index in [4.69, 9.17) is 0 Å². The number of hydrogen-bond acceptors (Lipinski definition) is 2. The molecule has 1 rings (SSSR count). The fourth-order valence-electron chi connectivity index (χ4n) is 1.58. The second-order valence-corrected chi connectivity index (χ2v) is 4.05. The van der Waals surface area contributed by atoms with Crippen molar-refractivity contribution in [2.75, 3.05) is 0 Å². The summed E-state index contributed by atoms with van der Waals surface area (Å²) in [6, 6.07) is 5.95. The standard InChI is InChI=1S/C14H22N2/c1-2-3-4-5-6-8-11-15-13-14-10-7-9-12-16-14/h7,9-12H,2-6,8,13H2,1H3/b15-11+. The first-order valence-corrected chi connectivity index (χ1v) is 6.31. The van der Waals surface area contributed by atoms with Gasteiger partial charge in [-0.15, -0.1) is 0 Å². The van der Waals surface area contributed by atoms with Gasteiger partial charge in [0.25, 0.3) is 0 Å². The largest absolute Gasteiger partial charge is 0.291 e. The van der Waals surface area contributed by atoms with Crippen LogP contribution in [0.25, 0.3) is 0 Å². The van der Waals surface area contributed by atoms with Gasteiger partial charge < -0.3 is 0 Å². The number of nitrogens with zero attached hydrogens (tertiary/aromatic N) is 2. The molecule has 0 bridgehead atoms. The summed E-state index contributed by atoms with van der Waals surface area (Å²) in [6.45, 7) is 2.96. The molecule has 1 aromatic heterocycles. The number of aliphatic imine (C=N–C) groups is 1. The number of rotatable bonds is 8. The molecule has 0 radical (unpaired) electrons. The van der Waals surface area contributed by atoms with Gasteiger partial charge in [0.1, 0.15) is 0 Å². The Kier molecular flexibility index (Phi) is 7.31. The lowest BCUT2D eigenvalue weighted by Gasteiger charge is -1.96. The molecule has 1 aromatic rings. The minimum atomic E-state index is 0.718. The minimum absolute atomic E-state index is 0.718. The average molecular weight is 218 g/mol. The van der Waals surface area contributed by atoms with Gasteiger partial charge in [-0.1, -0.05) is 38.7 Å². The van der Waals surface area contributed by atoms with E-state index in [-0.39, 0.29) is 0 Å². The summed E-state index contributed by atoms with van der Waals surface area (Å²) >= 11 is 0. The fraction of sp³-hybridized carbons (Fsp3) is 0.571. The molecular formula is C14H22N2. The third-order valence-electron chi connectivity index (χ3n) is 2.55. The predicted octanol–water partition coefficient (Wildman–Crippen LogP) is 4.01. The predicted molar refractivity (Wildman–Crippen MR) is 69.8 cm³/mol. The van der Waals surface area contributed by atoms with Gasteiger partial charge in [0.2, 0.25) is 0 Å². The van der Waals surface area contributed by atoms with Crippen molar-refractivity contribution in [3.8, 4) is 0 Å². The summed E-state index contributed by atoms with van der Waals surface area (Å²) in [5.41, 5.74) is 1.05. The molecule has 0 aliphatic carbocycles. The first-order valence-electron chi connectivity index (χ1n) is 6.31. The van der Waals surface area contributed by atoms with Crippen LogP contribution in [0.3, 0.4) is 0 Å². The van der Waals surface area contributed by atoms with Crippen molar-refractivity contribution >= 4 is 6.21 Å². The zero-order valence-corrected chi connectivity index (χ0v) is 10.2. The second-order valence-electron chi connectivity index (χ2n) is 4.05. The molecule has 0 unspecified atom stereocenters. The highest BCUT2D eigenvalue weighted by Gasteiger charge is 1.89. The van der Waals surface area contributed by atoms with Crippen LogP contribution in [0.5, 0.6) is 0 Å². The SMILES string of the molecule is CCCCCCC/C=N/Cc1ccccn1. The van der Waals surface area contributed by atoms with Crippen molar-refractivity contribution < 1.29 is 0 Å². The van der Waals surface area contributed by atoms with Crippen molar-refractivity contribution in [3.05, 3.63) is 30.1 Å². The lowest BCUT2D eigenvalue weighted by atomic mass is 10.1. The monoisotopic (exact) mass is 218 g/mol. The van der Waals surface area contributed by atoms with Crippen LogP contribution in [0.15, 0.2) is 29.4 Å². The molecule has 0 spiro atoms. The zero-order chi connectivity index (χ0) is 11.5. The average Bonchev–Trinajstić information content (AvgIpc) is 2.34. The van der Waals surface area contributed by atoms with Crippen LogP contribution in [0.1, 0.15) is 51.1 Å². The normalized spacial score (nSPS) is 11.1. The second kappa shape index (κ2) is 9.08. The van der Waals surface area contributed by atoms with E-state index in [1.807, 2.05) is 30.6 Å². The highest BCUT2D eigenvalue weighted by Crippen LogP contribution is 2.04. The Morgan fingerprint density at radius 3 is 2.81 bits per heavy atom. The van der Waals surface area contributed by atoms with Crippen LogP contribution >= 0.6 is 0 Å². The molecule has 0 fully saturated rings. The van der Waals surface area contributed by atoms with E-state index in [1.165, 1.54) is 32.1 Å². The Morgan fingerprint density at radius 1 is 1.19 bits per heavy atom. The Morgan fingerprint density at radius 2 is 2.06 bits per heavy atom. The number of aromatic nitrogens is 1. The third kappa shape index (κ3) is 6.33. The summed E-state index contributed by atoms with van der Waals surface area (Å²) in [5.74, 6) is 0. The third-order valence-corrected chi connectivity index (χ3v) is 2.55. The van der Waals surface area contributed by atoms with Crippen molar-refractivity contribution in [2.45, 2.75) is 52.0 Å². The van der Waals surface area contributed by atoms with E-state index in [0.717, 1.165) is 18.7 Å². The van der Waals surface area contributed by atoms with Gasteiger partial charge in [-0.2, -0.15) is 0 Å². The van der Waals surface area contributed by atoms with Crippen molar-refractivity contribution in [2.24, 2.45) is 4.99 Å². The summed E-state index contributed by atoms with van der Waals surface area (Å²) < 4.78 is 0. The molecule has 0 aliphatic rings. The number of hydrogen-bond donors (Lipinski definition) is 0. The molecule has 1 heterocycles. The molecule has 0 amide bonds. The first-order chi connectivity index (χ1) is 7.93. The molecule has 0 saturated carbocycles. The van der Waals surface area contributed by atoms with Gasteiger partial charge in [0.05, 0.1) is 12.2 Å². The molecule has 16 heavy (non-hydrogen) atoms. The van der Waals surface area contributed by atoms with E-state index in [2.05, 4.69) is 16.9 Å². The zero-order valence-electron chi connectivity index (χ0n) is 10.2. The Labute approximate surface area is 98.8 Å². The van der Waals surface area contributed by atoms with Crippen LogP contribution in [-0.4, -0.2) is 11.2 Å². The van der Waals surface area contributed by atoms with Crippen LogP contribution in [-0.2, 0) is 6.54 Å². The maximum atomic E-state index is 4.37. The van der Waals surface area contributed by atoms with Gasteiger partial charge in [-0.3, -0.25) is 9.98 Å². The van der Waals surface area contributed by atoms with E-state index in [0.29, 0.717) is 0 Å². The van der Waals surface area contributed by atoms with Gasteiger partial charge >= 0.3 is 0 Å². The summed E-state index contributed by atoms with van der Waals surface area (Å²) in [6.07, 6.45) is 11.6. The van der Waals surface area contributed by atoms with Crippen LogP contribution in [0.2, 0.25) is 0 Å². The highest BCUT2D eigenvalue weighted by atomic mass is 14.8. The first kappa shape index (κ1) is 12.9. The molecule has 0 aliphatic heterocycles. The Hall–Kier alpha value is -1.18. The smallest absolute Gasteiger partial charge is 0.0807 e. The summed E-state index contributed by atoms with van der Waals surface area (Å²) in [7, 11) is 0. The van der Waals surface area contributed by atoms with E-state index >= 15 is 0 Å². The molecule has 88 valence electrons. The molecular weight excluding hydrogens is 196 g/mol. The summed E-state index contributed by atoms with van der Waals surface area (Å²) in [4.78, 5) is 8.60. The topological polar surface area (TPSA) is 25.2 Å². The summed E-state index contributed by atoms with van der Waals surface area (Å²) in [5, 5.41) is 0. The lowest BCUT2D eigenvalue weighted by Crippen LogP contribution is -1.86. The quantitative estimate of drug-likeness (QED) is 0.478. The molecule has 0 aromatic carbocycles. The van der Waals surface area contributed by atoms with E-state index in [9.17, 15) is 0 Å². The number of pyridine rings is 1. The molecule has 0 saturated heterocycles.